The second-order valence-electron chi connectivity index (χ2n) is 4.04. The molecule has 76 valence electrons. The minimum atomic E-state index is -0.109. The molecular formula is C11H16N2O. The maximum absolute atomic E-state index is 9.14. The van der Waals surface area contributed by atoms with E-state index in [2.05, 4.69) is 5.32 Å². The smallest absolute Gasteiger partial charge is 0.0579 e. The average Bonchev–Trinajstić information content (AvgIpc) is 2.09. The van der Waals surface area contributed by atoms with Crippen LogP contribution in [0.5, 0.6) is 0 Å². The second-order valence-corrected chi connectivity index (χ2v) is 4.04. The highest BCUT2D eigenvalue weighted by Crippen LogP contribution is 2.25. The van der Waals surface area contributed by atoms with Crippen LogP contribution >= 0.6 is 0 Å². The number of hydrogen-bond acceptors (Lipinski definition) is 3. The summed E-state index contributed by atoms with van der Waals surface area (Å²) in [4.78, 5) is 0. The molecule has 3 nitrogen and oxygen atoms in total. The lowest BCUT2D eigenvalue weighted by Gasteiger charge is -2.32. The van der Waals surface area contributed by atoms with E-state index in [-0.39, 0.29) is 6.10 Å². The van der Waals surface area contributed by atoms with Crippen LogP contribution in [0.3, 0.4) is 0 Å². The van der Waals surface area contributed by atoms with E-state index in [9.17, 15) is 0 Å². The molecule has 0 amide bonds. The van der Waals surface area contributed by atoms with Crippen molar-refractivity contribution in [3.63, 3.8) is 0 Å². The van der Waals surface area contributed by atoms with Gasteiger partial charge in [0.25, 0.3) is 0 Å². The largest absolute Gasteiger partial charge is 0.399 e. The van der Waals surface area contributed by atoms with E-state index < -0.39 is 0 Å². The fourth-order valence-corrected chi connectivity index (χ4v) is 1.71. The topological polar surface area (TPSA) is 58.3 Å². The Labute approximate surface area is 83.9 Å². The molecule has 1 aliphatic rings. The van der Waals surface area contributed by atoms with Crippen LogP contribution in [-0.4, -0.2) is 17.3 Å². The average molecular weight is 192 g/mol. The number of nitrogen functional groups attached to an aromatic ring is 1. The van der Waals surface area contributed by atoms with E-state index >= 15 is 0 Å². The predicted octanol–water partition coefficient (Wildman–Crippen LogP) is 1.51. The number of hydrogen-bond donors (Lipinski definition) is 3. The molecule has 0 heterocycles. The van der Waals surface area contributed by atoms with Crippen LogP contribution in [0.4, 0.5) is 11.4 Å². The second kappa shape index (κ2) is 3.50. The highest BCUT2D eigenvalue weighted by atomic mass is 16.3. The van der Waals surface area contributed by atoms with Crippen LogP contribution in [0.15, 0.2) is 18.2 Å². The third-order valence-corrected chi connectivity index (χ3v) is 2.75. The van der Waals surface area contributed by atoms with Gasteiger partial charge in [-0.15, -0.1) is 0 Å². The Kier molecular flexibility index (Phi) is 2.33. The molecule has 0 saturated heterocycles. The number of rotatable bonds is 2. The lowest BCUT2D eigenvalue weighted by Crippen LogP contribution is -2.38. The minimum Gasteiger partial charge on any atom is -0.399 e. The molecule has 0 radical (unpaired) electrons. The molecule has 1 fully saturated rings. The molecule has 0 unspecified atom stereocenters. The van der Waals surface area contributed by atoms with Gasteiger partial charge in [0.05, 0.1) is 6.10 Å². The molecular weight excluding hydrogens is 176 g/mol. The Hall–Kier alpha value is -1.22. The molecule has 0 aromatic heterocycles. The van der Waals surface area contributed by atoms with Gasteiger partial charge >= 0.3 is 0 Å². The monoisotopic (exact) mass is 192 g/mol. The highest BCUT2D eigenvalue weighted by molar-refractivity contribution is 5.57. The predicted molar refractivity (Wildman–Crippen MR) is 58.2 cm³/mol. The van der Waals surface area contributed by atoms with Crippen LogP contribution < -0.4 is 11.1 Å². The first-order valence-electron chi connectivity index (χ1n) is 4.96. The molecule has 1 aromatic rings. The molecule has 1 aromatic carbocycles. The number of aliphatic hydroxyl groups is 1. The van der Waals surface area contributed by atoms with Crippen molar-refractivity contribution in [2.75, 3.05) is 11.1 Å². The first-order chi connectivity index (χ1) is 6.65. The fraction of sp³-hybridized carbons (Fsp3) is 0.455. The van der Waals surface area contributed by atoms with Gasteiger partial charge in [-0.2, -0.15) is 0 Å². The van der Waals surface area contributed by atoms with Crippen LogP contribution in [0.1, 0.15) is 18.4 Å². The first-order valence-corrected chi connectivity index (χ1v) is 4.96. The molecule has 3 heteroatoms. The van der Waals surface area contributed by atoms with Crippen molar-refractivity contribution in [3.8, 4) is 0 Å². The van der Waals surface area contributed by atoms with E-state index in [0.717, 1.165) is 29.8 Å². The minimum absolute atomic E-state index is 0.109. The summed E-state index contributed by atoms with van der Waals surface area (Å²) < 4.78 is 0. The van der Waals surface area contributed by atoms with E-state index in [0.29, 0.717) is 6.04 Å². The number of nitrogens with two attached hydrogens (primary N) is 1. The molecule has 0 spiro atoms. The van der Waals surface area contributed by atoms with Gasteiger partial charge in [0.1, 0.15) is 0 Å². The summed E-state index contributed by atoms with van der Waals surface area (Å²) in [6.07, 6.45) is 1.59. The van der Waals surface area contributed by atoms with Crippen molar-refractivity contribution < 1.29 is 5.11 Å². The van der Waals surface area contributed by atoms with Crippen LogP contribution in [0.25, 0.3) is 0 Å². The Bertz CT molecular complexity index is 332. The zero-order chi connectivity index (χ0) is 10.1. The zero-order valence-electron chi connectivity index (χ0n) is 8.33. The Morgan fingerprint density at radius 2 is 2.14 bits per heavy atom. The molecule has 0 aliphatic heterocycles. The SMILES string of the molecule is Cc1cc(NC2CC(O)C2)ccc1N. The van der Waals surface area contributed by atoms with Crippen molar-refractivity contribution in [2.45, 2.75) is 31.9 Å². The van der Waals surface area contributed by atoms with Crippen LogP contribution in [0, 0.1) is 6.92 Å². The Morgan fingerprint density at radius 3 is 2.71 bits per heavy atom. The number of nitrogens with one attached hydrogen (secondary N) is 1. The first kappa shape index (κ1) is 9.34. The Morgan fingerprint density at radius 1 is 1.43 bits per heavy atom. The van der Waals surface area contributed by atoms with Gasteiger partial charge in [-0.3, -0.25) is 0 Å². The molecule has 2 rings (SSSR count). The summed E-state index contributed by atoms with van der Waals surface area (Å²) in [5.74, 6) is 0. The van der Waals surface area contributed by atoms with Gasteiger partial charge in [0, 0.05) is 17.4 Å². The van der Waals surface area contributed by atoms with Gasteiger partial charge in [-0.1, -0.05) is 0 Å². The Balaban J connectivity index is 2.00. The van der Waals surface area contributed by atoms with Crippen LogP contribution in [0.2, 0.25) is 0 Å². The quantitative estimate of drug-likeness (QED) is 0.622. The molecule has 4 N–H and O–H groups in total. The molecule has 0 bridgehead atoms. The lowest BCUT2D eigenvalue weighted by molar-refractivity contribution is 0.0836. The summed E-state index contributed by atoms with van der Waals surface area (Å²) in [6.45, 7) is 2.00. The maximum Gasteiger partial charge on any atom is 0.0579 e. The van der Waals surface area contributed by atoms with Gasteiger partial charge in [0.2, 0.25) is 0 Å². The normalized spacial score (nSPS) is 25.6. The number of benzene rings is 1. The van der Waals surface area contributed by atoms with Crippen molar-refractivity contribution >= 4 is 11.4 Å². The van der Waals surface area contributed by atoms with E-state index in [1.807, 2.05) is 25.1 Å². The standard InChI is InChI=1S/C11H16N2O/c1-7-4-8(2-3-11(7)12)13-9-5-10(14)6-9/h2-4,9-10,13-14H,5-6,12H2,1H3. The molecule has 1 aliphatic carbocycles. The van der Waals surface area contributed by atoms with E-state index in [1.54, 1.807) is 0 Å². The van der Waals surface area contributed by atoms with Crippen molar-refractivity contribution in [1.82, 2.24) is 0 Å². The fourth-order valence-electron chi connectivity index (χ4n) is 1.71. The van der Waals surface area contributed by atoms with Gasteiger partial charge in [-0.25, -0.2) is 0 Å². The zero-order valence-corrected chi connectivity index (χ0v) is 8.33. The summed E-state index contributed by atoms with van der Waals surface area (Å²) >= 11 is 0. The lowest BCUT2D eigenvalue weighted by atomic mass is 9.89. The molecule has 0 atom stereocenters. The molecule has 1 saturated carbocycles. The number of aryl methyl sites for hydroxylation is 1. The summed E-state index contributed by atoms with van der Waals surface area (Å²) in [5.41, 5.74) is 8.73. The number of aliphatic hydroxyl groups excluding tert-OH is 1. The summed E-state index contributed by atoms with van der Waals surface area (Å²) in [7, 11) is 0. The highest BCUT2D eigenvalue weighted by Gasteiger charge is 2.26. The summed E-state index contributed by atoms with van der Waals surface area (Å²) in [6, 6.07) is 6.35. The van der Waals surface area contributed by atoms with Crippen molar-refractivity contribution in [1.29, 1.82) is 0 Å². The van der Waals surface area contributed by atoms with E-state index in [1.165, 1.54) is 0 Å². The van der Waals surface area contributed by atoms with E-state index in [4.69, 9.17) is 10.8 Å². The molecule has 14 heavy (non-hydrogen) atoms. The maximum atomic E-state index is 9.14. The van der Waals surface area contributed by atoms with Crippen molar-refractivity contribution in [2.24, 2.45) is 0 Å². The van der Waals surface area contributed by atoms with Gasteiger partial charge < -0.3 is 16.2 Å². The number of anilines is 2. The van der Waals surface area contributed by atoms with Crippen LogP contribution in [-0.2, 0) is 0 Å². The van der Waals surface area contributed by atoms with Gasteiger partial charge in [0.15, 0.2) is 0 Å². The third-order valence-electron chi connectivity index (χ3n) is 2.75. The van der Waals surface area contributed by atoms with Gasteiger partial charge in [-0.05, 0) is 43.5 Å². The summed E-state index contributed by atoms with van der Waals surface area (Å²) in [5, 5.41) is 12.5. The van der Waals surface area contributed by atoms with Crippen molar-refractivity contribution in [3.05, 3.63) is 23.8 Å². The third kappa shape index (κ3) is 1.82.